The maximum Gasteiger partial charge on any atom is 0.194 e. The van der Waals surface area contributed by atoms with Gasteiger partial charge in [-0.25, -0.2) is 4.98 Å². The summed E-state index contributed by atoms with van der Waals surface area (Å²) in [7, 11) is 3.76. The number of imidazole rings is 1. The summed E-state index contributed by atoms with van der Waals surface area (Å²) in [4.78, 5) is 10.9. The minimum absolute atomic E-state index is 0. The Hall–Kier alpha value is -1.65. The standard InChI is InChI=1S/C15H24N8.HI/c1-12-4-6-22(9-13(12)23-7-5-17-10-23)15(16-2)18-8-14-20-19-11-21(14)3;/h5,7,10-13H,4,6,8-9H2,1-3H3,(H,16,18);1H. The van der Waals surface area contributed by atoms with Crippen LogP contribution in [0.3, 0.4) is 0 Å². The average molecular weight is 444 g/mol. The number of nitrogens with zero attached hydrogens (tertiary/aromatic N) is 7. The van der Waals surface area contributed by atoms with Gasteiger partial charge in [-0.3, -0.25) is 4.99 Å². The van der Waals surface area contributed by atoms with E-state index in [4.69, 9.17) is 0 Å². The largest absolute Gasteiger partial charge is 0.349 e. The zero-order chi connectivity index (χ0) is 16.2. The number of nitrogens with one attached hydrogen (secondary N) is 1. The molecule has 2 aromatic rings. The molecule has 9 heteroatoms. The SMILES string of the molecule is CN=C(NCc1nncn1C)N1CCC(C)C(n2ccnc2)C1.I. The fourth-order valence-corrected chi connectivity index (χ4v) is 3.05. The van der Waals surface area contributed by atoms with Crippen LogP contribution in [0.4, 0.5) is 0 Å². The highest BCUT2D eigenvalue weighted by Crippen LogP contribution is 2.27. The Morgan fingerprint density at radius 3 is 2.88 bits per heavy atom. The first-order valence-electron chi connectivity index (χ1n) is 7.95. The second kappa shape index (κ2) is 8.45. The van der Waals surface area contributed by atoms with Crippen molar-refractivity contribution in [2.45, 2.75) is 25.9 Å². The van der Waals surface area contributed by atoms with Gasteiger partial charge in [-0.2, -0.15) is 0 Å². The Morgan fingerprint density at radius 1 is 1.42 bits per heavy atom. The smallest absolute Gasteiger partial charge is 0.194 e. The van der Waals surface area contributed by atoms with Crippen LogP contribution in [-0.2, 0) is 13.6 Å². The van der Waals surface area contributed by atoms with Crippen molar-refractivity contribution in [2.75, 3.05) is 20.1 Å². The maximum absolute atomic E-state index is 4.43. The second-order valence-electron chi connectivity index (χ2n) is 6.05. The van der Waals surface area contributed by atoms with Crippen LogP contribution in [0.5, 0.6) is 0 Å². The lowest BCUT2D eigenvalue weighted by molar-refractivity contribution is 0.189. The molecule has 2 atom stereocenters. The van der Waals surface area contributed by atoms with Crippen LogP contribution in [0.15, 0.2) is 30.0 Å². The summed E-state index contributed by atoms with van der Waals surface area (Å²) in [6.45, 7) is 4.85. The summed E-state index contributed by atoms with van der Waals surface area (Å²) in [5.74, 6) is 2.42. The summed E-state index contributed by atoms with van der Waals surface area (Å²) in [5.41, 5.74) is 0. The molecule has 1 fully saturated rings. The van der Waals surface area contributed by atoms with Crippen LogP contribution in [-0.4, -0.2) is 55.3 Å². The van der Waals surface area contributed by atoms with Gasteiger partial charge in [0, 0.05) is 39.6 Å². The number of halogens is 1. The van der Waals surface area contributed by atoms with Gasteiger partial charge in [0.25, 0.3) is 0 Å². The molecule has 0 aromatic carbocycles. The number of hydrogen-bond donors (Lipinski definition) is 1. The van der Waals surface area contributed by atoms with E-state index in [0.29, 0.717) is 18.5 Å². The number of rotatable bonds is 3. The number of guanidine groups is 1. The summed E-state index contributed by atoms with van der Waals surface area (Å²) < 4.78 is 4.11. The summed E-state index contributed by atoms with van der Waals surface area (Å²) >= 11 is 0. The molecule has 2 aromatic heterocycles. The lowest BCUT2D eigenvalue weighted by atomic mass is 9.93. The summed E-state index contributed by atoms with van der Waals surface area (Å²) in [6, 6.07) is 0.416. The van der Waals surface area contributed by atoms with Crippen molar-refractivity contribution in [3.05, 3.63) is 30.9 Å². The van der Waals surface area contributed by atoms with E-state index < -0.39 is 0 Å². The zero-order valence-electron chi connectivity index (χ0n) is 14.3. The van der Waals surface area contributed by atoms with E-state index in [2.05, 4.69) is 41.9 Å². The molecular formula is C15H25IN8. The lowest BCUT2D eigenvalue weighted by Gasteiger charge is -2.39. The van der Waals surface area contributed by atoms with Gasteiger partial charge in [-0.15, -0.1) is 34.2 Å². The van der Waals surface area contributed by atoms with Crippen molar-refractivity contribution < 1.29 is 0 Å². The van der Waals surface area contributed by atoms with Crippen molar-refractivity contribution in [1.82, 2.24) is 34.5 Å². The molecule has 132 valence electrons. The average Bonchev–Trinajstić information content (AvgIpc) is 3.21. The van der Waals surface area contributed by atoms with Crippen LogP contribution >= 0.6 is 24.0 Å². The van der Waals surface area contributed by atoms with E-state index in [1.54, 1.807) is 6.33 Å². The summed E-state index contributed by atoms with van der Waals surface area (Å²) in [5, 5.41) is 11.4. The van der Waals surface area contributed by atoms with E-state index in [1.807, 2.05) is 37.4 Å². The predicted octanol–water partition coefficient (Wildman–Crippen LogP) is 1.29. The van der Waals surface area contributed by atoms with Gasteiger partial charge < -0.3 is 19.4 Å². The topological polar surface area (TPSA) is 76.2 Å². The highest BCUT2D eigenvalue weighted by molar-refractivity contribution is 14.0. The Balaban J connectivity index is 0.00000208. The maximum atomic E-state index is 4.43. The van der Waals surface area contributed by atoms with Gasteiger partial charge >= 0.3 is 0 Å². The molecule has 2 unspecified atom stereocenters. The molecule has 3 heterocycles. The number of aromatic nitrogens is 5. The molecule has 0 bridgehead atoms. The van der Waals surface area contributed by atoms with Crippen molar-refractivity contribution >= 4 is 29.9 Å². The van der Waals surface area contributed by atoms with E-state index in [1.165, 1.54) is 0 Å². The minimum Gasteiger partial charge on any atom is -0.349 e. The first kappa shape index (κ1) is 18.7. The van der Waals surface area contributed by atoms with Crippen LogP contribution in [0.2, 0.25) is 0 Å². The third-order valence-corrected chi connectivity index (χ3v) is 4.55. The number of hydrogen-bond acceptors (Lipinski definition) is 4. The Morgan fingerprint density at radius 2 is 2.25 bits per heavy atom. The van der Waals surface area contributed by atoms with E-state index in [-0.39, 0.29) is 24.0 Å². The number of likely N-dealkylation sites (tertiary alicyclic amines) is 1. The van der Waals surface area contributed by atoms with E-state index >= 15 is 0 Å². The van der Waals surface area contributed by atoms with Gasteiger partial charge in [0.05, 0.1) is 18.9 Å². The van der Waals surface area contributed by atoms with Crippen molar-refractivity contribution in [2.24, 2.45) is 18.0 Å². The lowest BCUT2D eigenvalue weighted by Crippen LogP contribution is -2.48. The molecule has 0 amide bonds. The van der Waals surface area contributed by atoms with Crippen molar-refractivity contribution in [1.29, 1.82) is 0 Å². The Kier molecular flexibility index (Phi) is 6.58. The molecule has 0 aliphatic carbocycles. The van der Waals surface area contributed by atoms with Crippen LogP contribution in [0.1, 0.15) is 25.2 Å². The normalized spacial score (nSPS) is 21.5. The van der Waals surface area contributed by atoms with Crippen LogP contribution in [0, 0.1) is 5.92 Å². The quantitative estimate of drug-likeness (QED) is 0.439. The van der Waals surface area contributed by atoms with Gasteiger partial charge in [0.1, 0.15) is 6.33 Å². The number of piperidine rings is 1. The van der Waals surface area contributed by atoms with Crippen molar-refractivity contribution in [3.63, 3.8) is 0 Å². The molecular weight excluding hydrogens is 419 g/mol. The minimum atomic E-state index is 0. The van der Waals surface area contributed by atoms with E-state index in [0.717, 1.165) is 31.3 Å². The highest BCUT2D eigenvalue weighted by atomic mass is 127. The van der Waals surface area contributed by atoms with Gasteiger partial charge in [-0.1, -0.05) is 6.92 Å². The van der Waals surface area contributed by atoms with Gasteiger partial charge in [0.2, 0.25) is 0 Å². The third-order valence-electron chi connectivity index (χ3n) is 4.55. The molecule has 1 aliphatic heterocycles. The molecule has 0 saturated carbocycles. The molecule has 8 nitrogen and oxygen atoms in total. The van der Waals surface area contributed by atoms with Crippen molar-refractivity contribution in [3.8, 4) is 0 Å². The molecule has 24 heavy (non-hydrogen) atoms. The highest BCUT2D eigenvalue weighted by Gasteiger charge is 2.28. The molecule has 1 N–H and O–H groups in total. The number of aliphatic imine (C=N–C) groups is 1. The number of aryl methyl sites for hydroxylation is 1. The first-order chi connectivity index (χ1) is 11.2. The first-order valence-corrected chi connectivity index (χ1v) is 7.95. The summed E-state index contributed by atoms with van der Waals surface area (Å²) in [6.07, 6.45) is 8.62. The fraction of sp³-hybridized carbons (Fsp3) is 0.600. The third kappa shape index (κ3) is 4.05. The van der Waals surface area contributed by atoms with Crippen LogP contribution < -0.4 is 5.32 Å². The van der Waals surface area contributed by atoms with Gasteiger partial charge in [-0.05, 0) is 12.3 Å². The molecule has 0 radical (unpaired) electrons. The second-order valence-corrected chi connectivity index (χ2v) is 6.05. The monoisotopic (exact) mass is 444 g/mol. The molecule has 1 saturated heterocycles. The molecule has 1 aliphatic rings. The van der Waals surface area contributed by atoms with Gasteiger partial charge in [0.15, 0.2) is 11.8 Å². The fourth-order valence-electron chi connectivity index (χ4n) is 3.05. The van der Waals surface area contributed by atoms with E-state index in [9.17, 15) is 0 Å². The van der Waals surface area contributed by atoms with Crippen LogP contribution in [0.25, 0.3) is 0 Å². The Bertz CT molecular complexity index is 650. The zero-order valence-corrected chi connectivity index (χ0v) is 16.7. The molecule has 0 spiro atoms. The molecule has 3 rings (SSSR count). The Labute approximate surface area is 159 Å². The predicted molar refractivity (Wildman–Crippen MR) is 103 cm³/mol.